The highest BCUT2D eigenvalue weighted by Gasteiger charge is 2.28. The van der Waals surface area contributed by atoms with E-state index in [-0.39, 0.29) is 18.6 Å². The second kappa shape index (κ2) is 13.4. The Morgan fingerprint density at radius 1 is 0.778 bits per heavy atom. The summed E-state index contributed by atoms with van der Waals surface area (Å²) in [5.74, 6) is -5.28. The van der Waals surface area contributed by atoms with E-state index < -0.39 is 60.8 Å². The first-order chi connectivity index (χ1) is 17.0. The molecular weight excluding hydrogens is 472 g/mol. The van der Waals surface area contributed by atoms with Crippen LogP contribution in [0.4, 0.5) is 0 Å². The van der Waals surface area contributed by atoms with Crippen LogP contribution in [0.3, 0.4) is 0 Å². The van der Waals surface area contributed by atoms with Crippen molar-refractivity contribution in [2.24, 2.45) is 5.73 Å². The van der Waals surface area contributed by atoms with Crippen LogP contribution in [0.2, 0.25) is 0 Å². The number of hydrogen-bond donors (Lipinski definition) is 7. The van der Waals surface area contributed by atoms with Gasteiger partial charge < -0.3 is 37.0 Å². The Morgan fingerprint density at radius 3 is 1.97 bits per heavy atom. The van der Waals surface area contributed by atoms with Gasteiger partial charge in [0.2, 0.25) is 17.7 Å². The number of carboxylic acid groups (broad SMARTS) is 2. The van der Waals surface area contributed by atoms with E-state index in [0.29, 0.717) is 5.56 Å². The summed E-state index contributed by atoms with van der Waals surface area (Å²) in [4.78, 5) is 59.8. The fourth-order valence-corrected chi connectivity index (χ4v) is 3.23. The number of aromatic hydroxyl groups is 1. The number of hydrogen-bond acceptors (Lipinski definition) is 7. The highest BCUT2D eigenvalue weighted by atomic mass is 16.4. The lowest BCUT2D eigenvalue weighted by Gasteiger charge is -2.21. The van der Waals surface area contributed by atoms with Gasteiger partial charge in [0.25, 0.3) is 0 Å². The third-order valence-corrected chi connectivity index (χ3v) is 5.08. The lowest BCUT2D eigenvalue weighted by molar-refractivity contribution is -0.147. The van der Waals surface area contributed by atoms with E-state index >= 15 is 0 Å². The molecule has 0 bridgehead atoms. The lowest BCUT2D eigenvalue weighted by atomic mass is 10.0. The molecule has 0 spiro atoms. The Morgan fingerprint density at radius 2 is 1.39 bits per heavy atom. The largest absolute Gasteiger partial charge is 0.508 e. The lowest BCUT2D eigenvalue weighted by Crippen LogP contribution is -2.54. The normalized spacial score (nSPS) is 13.0. The summed E-state index contributed by atoms with van der Waals surface area (Å²) < 4.78 is 0. The van der Waals surface area contributed by atoms with Gasteiger partial charge in [0.15, 0.2) is 0 Å². The third kappa shape index (κ3) is 9.43. The average Bonchev–Trinajstić information content (AvgIpc) is 2.83. The molecule has 2 rings (SSSR count). The molecule has 2 aromatic carbocycles. The SMILES string of the molecule is NC(Cc1ccccc1)C(=O)NCC(=O)NC(Cc1ccc(O)cc1)C(=O)NC(CC(=O)O)C(=O)O. The Kier molecular flexibility index (Phi) is 10.4. The topological polar surface area (TPSA) is 208 Å². The van der Waals surface area contributed by atoms with Gasteiger partial charge in [-0.05, 0) is 29.7 Å². The van der Waals surface area contributed by atoms with Crippen LogP contribution >= 0.6 is 0 Å². The van der Waals surface area contributed by atoms with Crippen molar-refractivity contribution >= 4 is 29.7 Å². The molecule has 12 heteroatoms. The molecule has 0 fully saturated rings. The van der Waals surface area contributed by atoms with Gasteiger partial charge in [-0.3, -0.25) is 19.2 Å². The minimum Gasteiger partial charge on any atom is -0.508 e. The first kappa shape index (κ1) is 27.8. The summed E-state index contributed by atoms with van der Waals surface area (Å²) >= 11 is 0. The van der Waals surface area contributed by atoms with Crippen molar-refractivity contribution in [1.29, 1.82) is 0 Å². The van der Waals surface area contributed by atoms with Crippen molar-refractivity contribution in [3.8, 4) is 5.75 Å². The Balaban J connectivity index is 2.03. The predicted molar refractivity (Wildman–Crippen MR) is 127 cm³/mol. The van der Waals surface area contributed by atoms with Gasteiger partial charge >= 0.3 is 11.9 Å². The Hall–Kier alpha value is -4.45. The van der Waals surface area contributed by atoms with Crippen molar-refractivity contribution in [3.63, 3.8) is 0 Å². The van der Waals surface area contributed by atoms with Crippen LogP contribution in [0.5, 0.6) is 5.75 Å². The number of aliphatic carboxylic acids is 2. The number of nitrogens with one attached hydrogen (secondary N) is 3. The first-order valence-corrected chi connectivity index (χ1v) is 10.9. The van der Waals surface area contributed by atoms with Gasteiger partial charge in [-0.15, -0.1) is 0 Å². The fraction of sp³-hybridized carbons (Fsp3) is 0.292. The number of benzene rings is 2. The van der Waals surface area contributed by atoms with Crippen LogP contribution in [0.15, 0.2) is 54.6 Å². The van der Waals surface area contributed by atoms with E-state index in [9.17, 15) is 34.2 Å². The van der Waals surface area contributed by atoms with Gasteiger partial charge in [0.1, 0.15) is 17.8 Å². The average molecular weight is 501 g/mol. The minimum absolute atomic E-state index is 0.0225. The van der Waals surface area contributed by atoms with Gasteiger partial charge in [-0.2, -0.15) is 0 Å². The third-order valence-electron chi connectivity index (χ3n) is 5.08. The van der Waals surface area contributed by atoms with Gasteiger partial charge in [0, 0.05) is 6.42 Å². The summed E-state index contributed by atoms with van der Waals surface area (Å²) in [6.45, 7) is -0.502. The summed E-state index contributed by atoms with van der Waals surface area (Å²) in [5, 5.41) is 34.5. The number of amides is 3. The molecule has 0 aliphatic rings. The maximum absolute atomic E-state index is 12.8. The van der Waals surface area contributed by atoms with Crippen LogP contribution in [-0.2, 0) is 36.8 Å². The summed E-state index contributed by atoms with van der Waals surface area (Å²) in [5.41, 5.74) is 7.25. The highest BCUT2D eigenvalue weighted by Crippen LogP contribution is 2.12. The van der Waals surface area contributed by atoms with Crippen LogP contribution in [-0.4, -0.2) is 69.7 Å². The van der Waals surface area contributed by atoms with E-state index in [4.69, 9.17) is 10.8 Å². The van der Waals surface area contributed by atoms with Gasteiger partial charge in [-0.25, -0.2) is 4.79 Å². The molecule has 3 unspecified atom stereocenters. The van der Waals surface area contributed by atoms with Crippen LogP contribution in [0.25, 0.3) is 0 Å². The van der Waals surface area contributed by atoms with E-state index in [0.717, 1.165) is 5.56 Å². The zero-order valence-electron chi connectivity index (χ0n) is 19.2. The smallest absolute Gasteiger partial charge is 0.326 e. The minimum atomic E-state index is -1.72. The zero-order valence-corrected chi connectivity index (χ0v) is 19.2. The Labute approximate surface area is 206 Å². The molecule has 3 amide bonds. The molecule has 8 N–H and O–H groups in total. The monoisotopic (exact) mass is 500 g/mol. The van der Waals surface area contributed by atoms with E-state index in [1.165, 1.54) is 24.3 Å². The number of carbonyl (C=O) groups is 5. The molecule has 0 aromatic heterocycles. The molecule has 0 heterocycles. The number of carbonyl (C=O) groups excluding carboxylic acids is 3. The molecule has 3 atom stereocenters. The van der Waals surface area contributed by atoms with Crippen molar-refractivity contribution in [1.82, 2.24) is 16.0 Å². The second-order valence-electron chi connectivity index (χ2n) is 8.00. The second-order valence-corrected chi connectivity index (χ2v) is 8.00. The maximum Gasteiger partial charge on any atom is 0.326 e. The number of phenolic OH excluding ortho intramolecular Hbond substituents is 1. The summed E-state index contributed by atoms with van der Waals surface area (Å²) in [6, 6.07) is 10.8. The van der Waals surface area contributed by atoms with Gasteiger partial charge in [-0.1, -0.05) is 42.5 Å². The van der Waals surface area contributed by atoms with Crippen LogP contribution in [0.1, 0.15) is 17.5 Å². The number of rotatable bonds is 13. The molecule has 192 valence electrons. The predicted octanol–water partition coefficient (Wildman–Crippen LogP) is -0.850. The summed E-state index contributed by atoms with van der Waals surface area (Å²) in [6.07, 6.45) is -0.713. The van der Waals surface area contributed by atoms with Crippen molar-refractivity contribution in [2.75, 3.05) is 6.54 Å². The molecular formula is C24H28N4O8. The van der Waals surface area contributed by atoms with Gasteiger partial charge in [0.05, 0.1) is 19.0 Å². The number of carboxylic acids is 2. The molecule has 0 aliphatic heterocycles. The number of phenols is 1. The molecule has 0 saturated carbocycles. The zero-order chi connectivity index (χ0) is 26.7. The van der Waals surface area contributed by atoms with Crippen LogP contribution < -0.4 is 21.7 Å². The Bertz CT molecular complexity index is 1080. The molecule has 0 saturated heterocycles. The number of nitrogens with two attached hydrogens (primary N) is 1. The van der Waals surface area contributed by atoms with E-state index in [1.54, 1.807) is 24.3 Å². The first-order valence-electron chi connectivity index (χ1n) is 10.9. The quantitative estimate of drug-likeness (QED) is 0.182. The highest BCUT2D eigenvalue weighted by molar-refractivity contribution is 5.93. The molecule has 0 radical (unpaired) electrons. The van der Waals surface area contributed by atoms with Crippen molar-refractivity contribution in [3.05, 3.63) is 65.7 Å². The maximum atomic E-state index is 12.8. The van der Waals surface area contributed by atoms with E-state index in [2.05, 4.69) is 16.0 Å². The van der Waals surface area contributed by atoms with E-state index in [1.807, 2.05) is 6.07 Å². The molecule has 2 aromatic rings. The fourth-order valence-electron chi connectivity index (χ4n) is 3.23. The van der Waals surface area contributed by atoms with Crippen LogP contribution in [0, 0.1) is 0 Å². The molecule has 36 heavy (non-hydrogen) atoms. The molecule has 12 nitrogen and oxygen atoms in total. The standard InChI is InChI=1S/C24H28N4O8/c25-17(10-14-4-2-1-3-5-14)22(33)26-13-20(30)27-18(11-15-6-8-16(29)9-7-15)23(34)28-19(24(35)36)12-21(31)32/h1-9,17-19,29H,10-13,25H2,(H,26,33)(H,27,30)(H,28,34)(H,31,32)(H,35,36). The molecule has 0 aliphatic carbocycles. The van der Waals surface area contributed by atoms with Crippen molar-refractivity contribution in [2.45, 2.75) is 37.4 Å². The van der Waals surface area contributed by atoms with Crippen molar-refractivity contribution < 1.29 is 39.3 Å². The summed E-state index contributed by atoms with van der Waals surface area (Å²) in [7, 11) is 0.